The summed E-state index contributed by atoms with van der Waals surface area (Å²) in [5.74, 6) is 2.80. The first-order valence-electron chi connectivity index (χ1n) is 7.99. The Labute approximate surface area is 114 Å². The van der Waals surface area contributed by atoms with Gasteiger partial charge in [-0.05, 0) is 24.3 Å². The van der Waals surface area contributed by atoms with Gasteiger partial charge in [0, 0.05) is 0 Å². The minimum Gasteiger partial charge on any atom is -0.162 e. The lowest BCUT2D eigenvalue weighted by Gasteiger charge is -2.02. The average molecular weight is 259 g/mol. The molecule has 0 bridgehead atoms. The van der Waals surface area contributed by atoms with E-state index in [0.717, 1.165) is 0 Å². The zero-order chi connectivity index (χ0) is 12.6. The van der Waals surface area contributed by atoms with Crippen molar-refractivity contribution in [1.29, 1.82) is 0 Å². The molecule has 0 heterocycles. The molecule has 104 valence electrons. The van der Waals surface area contributed by atoms with E-state index in [1.165, 1.54) is 88.6 Å². The second-order valence-electron chi connectivity index (χ2n) is 5.15. The van der Waals surface area contributed by atoms with Crippen LogP contribution < -0.4 is 0 Å². The Hall–Kier alpha value is 0.350. The third-order valence-corrected chi connectivity index (χ3v) is 4.44. The monoisotopic (exact) mass is 258 g/mol. The van der Waals surface area contributed by atoms with Crippen LogP contribution in [0.25, 0.3) is 0 Å². The highest BCUT2D eigenvalue weighted by molar-refractivity contribution is 7.99. The highest BCUT2D eigenvalue weighted by atomic mass is 32.2. The van der Waals surface area contributed by atoms with E-state index in [2.05, 4.69) is 25.6 Å². The number of unbranched alkanes of at least 4 members (excludes halogenated alkanes) is 10. The maximum Gasteiger partial charge on any atom is -0.00675 e. The Bertz CT molecular complexity index is 109. The molecule has 0 nitrogen and oxygen atoms in total. The largest absolute Gasteiger partial charge is 0.162 e. The van der Waals surface area contributed by atoms with Crippen molar-refractivity contribution in [2.45, 2.75) is 90.9 Å². The van der Waals surface area contributed by atoms with Crippen molar-refractivity contribution in [3.8, 4) is 0 Å². The van der Waals surface area contributed by atoms with E-state index in [0.29, 0.717) is 0 Å². The average Bonchev–Trinajstić information content (AvgIpc) is 2.35. The van der Waals surface area contributed by atoms with Gasteiger partial charge < -0.3 is 0 Å². The first-order chi connectivity index (χ1) is 8.41. The molecule has 0 aliphatic heterocycles. The number of hydrogen-bond donors (Lipinski definition) is 0. The lowest BCUT2D eigenvalue weighted by molar-refractivity contribution is 0.573. The van der Waals surface area contributed by atoms with E-state index < -0.39 is 0 Å². The van der Waals surface area contributed by atoms with E-state index in [-0.39, 0.29) is 0 Å². The van der Waals surface area contributed by atoms with Crippen molar-refractivity contribution in [2.75, 3.05) is 11.5 Å². The highest BCUT2D eigenvalue weighted by Crippen LogP contribution is 2.13. The zero-order valence-electron chi connectivity index (χ0n) is 12.3. The Balaban J connectivity index is 2.85. The van der Waals surface area contributed by atoms with Gasteiger partial charge in [0.05, 0.1) is 0 Å². The van der Waals surface area contributed by atoms with Gasteiger partial charge in [-0.1, -0.05) is 78.1 Å². The SMILES string of the molecule is CCCCCCCCCCCSCCCCC. The van der Waals surface area contributed by atoms with Crippen LogP contribution in [0.5, 0.6) is 0 Å². The molecule has 17 heavy (non-hydrogen) atoms. The van der Waals surface area contributed by atoms with Crippen LogP contribution in [0.15, 0.2) is 0 Å². The Morgan fingerprint density at radius 3 is 1.35 bits per heavy atom. The topological polar surface area (TPSA) is 0 Å². The summed E-state index contributed by atoms with van der Waals surface area (Å²) >= 11 is 2.17. The maximum absolute atomic E-state index is 2.29. The number of rotatable bonds is 14. The summed E-state index contributed by atoms with van der Waals surface area (Å²) in [6.07, 6.45) is 17.3. The van der Waals surface area contributed by atoms with Gasteiger partial charge in [-0.25, -0.2) is 0 Å². The van der Waals surface area contributed by atoms with Gasteiger partial charge in [-0.2, -0.15) is 11.8 Å². The highest BCUT2D eigenvalue weighted by Gasteiger charge is 1.93. The molecule has 0 amide bonds. The summed E-state index contributed by atoms with van der Waals surface area (Å²) in [6, 6.07) is 0. The van der Waals surface area contributed by atoms with Crippen LogP contribution in [0.3, 0.4) is 0 Å². The third-order valence-electron chi connectivity index (χ3n) is 3.28. The van der Waals surface area contributed by atoms with Crippen LogP contribution in [0.1, 0.15) is 90.9 Å². The molecule has 0 aromatic heterocycles. The fourth-order valence-corrected chi connectivity index (χ4v) is 3.09. The zero-order valence-corrected chi connectivity index (χ0v) is 13.1. The van der Waals surface area contributed by atoms with Crippen LogP contribution >= 0.6 is 11.8 Å². The van der Waals surface area contributed by atoms with Gasteiger partial charge in [0.1, 0.15) is 0 Å². The number of thioether (sulfide) groups is 1. The second-order valence-corrected chi connectivity index (χ2v) is 6.37. The van der Waals surface area contributed by atoms with Gasteiger partial charge in [-0.15, -0.1) is 0 Å². The van der Waals surface area contributed by atoms with Crippen LogP contribution in [-0.4, -0.2) is 11.5 Å². The number of hydrogen-bond acceptors (Lipinski definition) is 1. The molecule has 0 fully saturated rings. The smallest absolute Gasteiger partial charge is 0.00675 e. The molecule has 0 aliphatic rings. The molecule has 0 aromatic carbocycles. The van der Waals surface area contributed by atoms with Crippen molar-refractivity contribution in [3.05, 3.63) is 0 Å². The Morgan fingerprint density at radius 2 is 0.824 bits per heavy atom. The first kappa shape index (κ1) is 17.4. The first-order valence-corrected chi connectivity index (χ1v) is 9.15. The molecule has 0 aliphatic carbocycles. The van der Waals surface area contributed by atoms with Crippen molar-refractivity contribution in [2.24, 2.45) is 0 Å². The van der Waals surface area contributed by atoms with E-state index >= 15 is 0 Å². The molecule has 0 N–H and O–H groups in total. The predicted octanol–water partition coefficient (Wildman–Crippen LogP) is 6.44. The second kappa shape index (κ2) is 16.4. The molecule has 0 atom stereocenters. The van der Waals surface area contributed by atoms with E-state index in [9.17, 15) is 0 Å². The molecule has 0 radical (unpaired) electrons. The summed E-state index contributed by atoms with van der Waals surface area (Å²) in [5.41, 5.74) is 0. The van der Waals surface area contributed by atoms with Crippen molar-refractivity contribution in [3.63, 3.8) is 0 Å². The predicted molar refractivity (Wildman–Crippen MR) is 84.1 cm³/mol. The molecule has 0 saturated heterocycles. The minimum absolute atomic E-state index is 1.36. The third kappa shape index (κ3) is 16.4. The van der Waals surface area contributed by atoms with Gasteiger partial charge in [0.25, 0.3) is 0 Å². The molecule has 0 aromatic rings. The molecule has 1 heteroatoms. The van der Waals surface area contributed by atoms with E-state index in [1.807, 2.05) is 0 Å². The van der Waals surface area contributed by atoms with Gasteiger partial charge in [0.15, 0.2) is 0 Å². The van der Waals surface area contributed by atoms with Crippen LogP contribution in [0.4, 0.5) is 0 Å². The molecule has 0 rings (SSSR count). The summed E-state index contributed by atoms with van der Waals surface area (Å²) < 4.78 is 0. The van der Waals surface area contributed by atoms with Crippen LogP contribution in [-0.2, 0) is 0 Å². The molecule has 0 spiro atoms. The lowest BCUT2D eigenvalue weighted by atomic mass is 10.1. The summed E-state index contributed by atoms with van der Waals surface area (Å²) in [6.45, 7) is 4.57. The van der Waals surface area contributed by atoms with E-state index in [1.54, 1.807) is 0 Å². The summed E-state index contributed by atoms with van der Waals surface area (Å²) in [5, 5.41) is 0. The molecule has 0 saturated carbocycles. The molecule has 0 unspecified atom stereocenters. The standard InChI is InChI=1S/C16H34S/c1-3-5-7-8-9-10-11-12-14-16-17-15-13-6-4-2/h3-16H2,1-2H3. The minimum atomic E-state index is 1.36. The quantitative estimate of drug-likeness (QED) is 0.323. The van der Waals surface area contributed by atoms with Crippen LogP contribution in [0, 0.1) is 0 Å². The van der Waals surface area contributed by atoms with Gasteiger partial charge in [0.2, 0.25) is 0 Å². The van der Waals surface area contributed by atoms with Crippen molar-refractivity contribution < 1.29 is 0 Å². The Kier molecular flexibility index (Phi) is 16.7. The maximum atomic E-state index is 2.29. The van der Waals surface area contributed by atoms with Gasteiger partial charge in [-0.3, -0.25) is 0 Å². The summed E-state index contributed by atoms with van der Waals surface area (Å²) in [7, 11) is 0. The molecular weight excluding hydrogens is 224 g/mol. The van der Waals surface area contributed by atoms with Crippen LogP contribution in [0.2, 0.25) is 0 Å². The van der Waals surface area contributed by atoms with E-state index in [4.69, 9.17) is 0 Å². The molecular formula is C16H34S. The lowest BCUT2D eigenvalue weighted by Crippen LogP contribution is -1.86. The normalized spacial score (nSPS) is 10.9. The van der Waals surface area contributed by atoms with Gasteiger partial charge >= 0.3 is 0 Å². The van der Waals surface area contributed by atoms with Crippen molar-refractivity contribution in [1.82, 2.24) is 0 Å². The fourth-order valence-electron chi connectivity index (χ4n) is 2.07. The van der Waals surface area contributed by atoms with Crippen molar-refractivity contribution >= 4 is 11.8 Å². The summed E-state index contributed by atoms with van der Waals surface area (Å²) in [4.78, 5) is 0. The fraction of sp³-hybridized carbons (Fsp3) is 1.00. The Morgan fingerprint density at radius 1 is 0.471 bits per heavy atom.